The number of hydrogen-bond donors (Lipinski definition) is 3. The smallest absolute Gasteiger partial charge is 0.221 e. The lowest BCUT2D eigenvalue weighted by molar-refractivity contribution is -0.121. The quantitative estimate of drug-likeness (QED) is 0.485. The van der Waals surface area contributed by atoms with Crippen molar-refractivity contribution in [3.8, 4) is 0 Å². The van der Waals surface area contributed by atoms with Gasteiger partial charge in [-0.15, -0.1) is 0 Å². The lowest BCUT2D eigenvalue weighted by Gasteiger charge is -2.05. The minimum atomic E-state index is 0.00876. The Morgan fingerprint density at radius 1 is 1.47 bits per heavy atom. The van der Waals surface area contributed by atoms with Crippen LogP contribution in [0.5, 0.6) is 0 Å². The van der Waals surface area contributed by atoms with Crippen LogP contribution in [-0.2, 0) is 11.3 Å². The molecule has 15 heavy (non-hydrogen) atoms. The number of amides is 1. The van der Waals surface area contributed by atoms with E-state index in [1.807, 2.05) is 25.1 Å². The fourth-order valence-electron chi connectivity index (χ4n) is 1.30. The third-order valence-corrected chi connectivity index (χ3v) is 2.07. The second-order valence-corrected chi connectivity index (χ2v) is 3.47. The zero-order valence-corrected chi connectivity index (χ0v) is 8.92. The minimum Gasteiger partial charge on any atom is -0.352 e. The molecule has 0 heterocycles. The van der Waals surface area contributed by atoms with Crippen LogP contribution in [0.1, 0.15) is 17.5 Å². The van der Waals surface area contributed by atoms with Gasteiger partial charge in [-0.3, -0.25) is 16.1 Å². The number of nitrogens with one attached hydrogen (secondary N) is 2. The molecular formula is C11H17N3O. The predicted molar refractivity (Wildman–Crippen MR) is 59.8 cm³/mol. The number of hydrogen-bond acceptors (Lipinski definition) is 3. The molecule has 1 aromatic rings. The molecule has 0 aliphatic rings. The summed E-state index contributed by atoms with van der Waals surface area (Å²) < 4.78 is 0. The maximum Gasteiger partial charge on any atom is 0.221 e. The van der Waals surface area contributed by atoms with Crippen LogP contribution in [0.3, 0.4) is 0 Å². The Morgan fingerprint density at radius 3 is 2.93 bits per heavy atom. The van der Waals surface area contributed by atoms with Gasteiger partial charge in [-0.05, 0) is 12.5 Å². The van der Waals surface area contributed by atoms with E-state index < -0.39 is 0 Å². The molecule has 0 spiro atoms. The highest BCUT2D eigenvalue weighted by molar-refractivity contribution is 5.76. The van der Waals surface area contributed by atoms with E-state index in [1.54, 1.807) is 0 Å². The molecule has 0 unspecified atom stereocenters. The lowest BCUT2D eigenvalue weighted by atomic mass is 10.1. The van der Waals surface area contributed by atoms with E-state index in [0.717, 1.165) is 5.56 Å². The van der Waals surface area contributed by atoms with Crippen LogP contribution >= 0.6 is 0 Å². The largest absolute Gasteiger partial charge is 0.352 e. The highest BCUT2D eigenvalue weighted by Crippen LogP contribution is 2.03. The van der Waals surface area contributed by atoms with E-state index in [9.17, 15) is 4.79 Å². The summed E-state index contributed by atoms with van der Waals surface area (Å²) in [5, 5.41) is 2.83. The number of carbonyl (C=O) groups is 1. The number of aryl methyl sites for hydroxylation is 1. The second kappa shape index (κ2) is 6.16. The fourth-order valence-corrected chi connectivity index (χ4v) is 1.30. The standard InChI is InChI=1S/C11H17N3O/c1-9-3-2-4-10(7-9)8-13-11(15)5-6-14-12/h2-4,7,14H,5-6,8,12H2,1H3,(H,13,15). The lowest BCUT2D eigenvalue weighted by Crippen LogP contribution is -2.30. The SMILES string of the molecule is Cc1cccc(CNC(=O)CCNN)c1. The number of carbonyl (C=O) groups excluding carboxylic acids is 1. The molecule has 82 valence electrons. The summed E-state index contributed by atoms with van der Waals surface area (Å²) in [5.41, 5.74) is 4.76. The van der Waals surface area contributed by atoms with Gasteiger partial charge in [0.2, 0.25) is 5.91 Å². The molecule has 0 saturated heterocycles. The predicted octanol–water partition coefficient (Wildman–Crippen LogP) is 0.465. The Balaban J connectivity index is 2.33. The highest BCUT2D eigenvalue weighted by atomic mass is 16.1. The van der Waals surface area contributed by atoms with Crippen molar-refractivity contribution in [3.05, 3.63) is 35.4 Å². The molecule has 4 N–H and O–H groups in total. The van der Waals surface area contributed by atoms with Gasteiger partial charge in [0, 0.05) is 19.5 Å². The average molecular weight is 207 g/mol. The van der Waals surface area contributed by atoms with Crippen molar-refractivity contribution in [1.82, 2.24) is 10.7 Å². The van der Waals surface area contributed by atoms with Gasteiger partial charge in [0.1, 0.15) is 0 Å². The van der Waals surface area contributed by atoms with Gasteiger partial charge >= 0.3 is 0 Å². The second-order valence-electron chi connectivity index (χ2n) is 3.47. The Bertz CT molecular complexity index is 325. The first kappa shape index (κ1) is 11.7. The first-order valence-corrected chi connectivity index (χ1v) is 4.98. The minimum absolute atomic E-state index is 0.00876. The van der Waals surface area contributed by atoms with E-state index in [4.69, 9.17) is 5.84 Å². The van der Waals surface area contributed by atoms with Crippen LogP contribution in [0, 0.1) is 6.92 Å². The first-order valence-electron chi connectivity index (χ1n) is 4.98. The Labute approximate surface area is 89.8 Å². The van der Waals surface area contributed by atoms with Crippen LogP contribution < -0.4 is 16.6 Å². The van der Waals surface area contributed by atoms with Crippen molar-refractivity contribution < 1.29 is 4.79 Å². The van der Waals surface area contributed by atoms with E-state index in [0.29, 0.717) is 19.5 Å². The van der Waals surface area contributed by atoms with E-state index in [1.165, 1.54) is 5.56 Å². The summed E-state index contributed by atoms with van der Waals surface area (Å²) in [6, 6.07) is 8.07. The number of rotatable bonds is 5. The van der Waals surface area contributed by atoms with Crippen LogP contribution in [0.4, 0.5) is 0 Å². The zero-order chi connectivity index (χ0) is 11.1. The number of hydrazine groups is 1. The molecule has 1 rings (SSSR count). The summed E-state index contributed by atoms with van der Waals surface area (Å²) >= 11 is 0. The van der Waals surface area contributed by atoms with Gasteiger partial charge in [-0.25, -0.2) is 0 Å². The maximum atomic E-state index is 11.3. The summed E-state index contributed by atoms with van der Waals surface area (Å²) in [5.74, 6) is 5.08. The molecule has 0 aliphatic carbocycles. The van der Waals surface area contributed by atoms with Crippen molar-refractivity contribution >= 4 is 5.91 Å². The third-order valence-electron chi connectivity index (χ3n) is 2.07. The van der Waals surface area contributed by atoms with Gasteiger partial charge in [-0.2, -0.15) is 0 Å². The highest BCUT2D eigenvalue weighted by Gasteiger charge is 1.99. The van der Waals surface area contributed by atoms with Crippen LogP contribution in [-0.4, -0.2) is 12.5 Å². The topological polar surface area (TPSA) is 67.2 Å². The van der Waals surface area contributed by atoms with Gasteiger partial charge in [0.25, 0.3) is 0 Å². The molecule has 4 heteroatoms. The average Bonchev–Trinajstić information content (AvgIpc) is 2.23. The Hall–Kier alpha value is -1.39. The zero-order valence-electron chi connectivity index (χ0n) is 8.92. The van der Waals surface area contributed by atoms with E-state index in [-0.39, 0.29) is 5.91 Å². The van der Waals surface area contributed by atoms with Gasteiger partial charge < -0.3 is 5.32 Å². The molecule has 0 atom stereocenters. The summed E-state index contributed by atoms with van der Waals surface area (Å²) in [6.45, 7) is 3.11. The molecule has 4 nitrogen and oxygen atoms in total. The molecule has 0 fully saturated rings. The summed E-state index contributed by atoms with van der Waals surface area (Å²) in [4.78, 5) is 11.3. The number of benzene rings is 1. The molecule has 0 bridgehead atoms. The van der Waals surface area contributed by atoms with Crippen molar-refractivity contribution in [3.63, 3.8) is 0 Å². The summed E-state index contributed by atoms with van der Waals surface area (Å²) in [6.07, 6.45) is 0.405. The summed E-state index contributed by atoms with van der Waals surface area (Å²) in [7, 11) is 0. The molecule has 0 radical (unpaired) electrons. The van der Waals surface area contributed by atoms with Gasteiger partial charge in [0.15, 0.2) is 0 Å². The monoisotopic (exact) mass is 207 g/mol. The third kappa shape index (κ3) is 4.58. The molecule has 1 aromatic carbocycles. The molecule has 1 amide bonds. The van der Waals surface area contributed by atoms with E-state index in [2.05, 4.69) is 16.8 Å². The van der Waals surface area contributed by atoms with Gasteiger partial charge in [0.05, 0.1) is 0 Å². The van der Waals surface area contributed by atoms with Gasteiger partial charge in [-0.1, -0.05) is 29.8 Å². The van der Waals surface area contributed by atoms with Crippen molar-refractivity contribution in [1.29, 1.82) is 0 Å². The van der Waals surface area contributed by atoms with Crippen molar-refractivity contribution in [2.45, 2.75) is 19.9 Å². The Kier molecular flexibility index (Phi) is 4.80. The normalized spacial score (nSPS) is 10.0. The van der Waals surface area contributed by atoms with Crippen molar-refractivity contribution in [2.24, 2.45) is 5.84 Å². The van der Waals surface area contributed by atoms with Crippen molar-refractivity contribution in [2.75, 3.05) is 6.54 Å². The molecule has 0 aromatic heterocycles. The maximum absolute atomic E-state index is 11.3. The van der Waals surface area contributed by atoms with Crippen LogP contribution in [0.15, 0.2) is 24.3 Å². The first-order chi connectivity index (χ1) is 7.22. The Morgan fingerprint density at radius 2 is 2.27 bits per heavy atom. The molecule has 0 aliphatic heterocycles. The van der Waals surface area contributed by atoms with E-state index >= 15 is 0 Å². The van der Waals surface area contributed by atoms with Crippen LogP contribution in [0.2, 0.25) is 0 Å². The molecular weight excluding hydrogens is 190 g/mol. The number of nitrogens with two attached hydrogens (primary N) is 1. The van der Waals surface area contributed by atoms with Crippen LogP contribution in [0.25, 0.3) is 0 Å². The molecule has 0 saturated carbocycles. The fraction of sp³-hybridized carbons (Fsp3) is 0.364.